The van der Waals surface area contributed by atoms with Crippen molar-refractivity contribution >= 4 is 29.1 Å². The minimum atomic E-state index is -0.287. The zero-order valence-electron chi connectivity index (χ0n) is 13.6. The molecule has 0 fully saturated rings. The van der Waals surface area contributed by atoms with E-state index in [1.807, 2.05) is 13.0 Å². The molecule has 23 heavy (non-hydrogen) atoms. The summed E-state index contributed by atoms with van der Waals surface area (Å²) in [7, 11) is 0. The predicted octanol–water partition coefficient (Wildman–Crippen LogP) is 4.15. The Morgan fingerprint density at radius 2 is 2.09 bits per heavy atom. The number of anilines is 2. The molecule has 5 nitrogen and oxygen atoms in total. The summed E-state index contributed by atoms with van der Waals surface area (Å²) in [5.74, 6) is 0.769. The quantitative estimate of drug-likeness (QED) is 0.834. The fourth-order valence-electron chi connectivity index (χ4n) is 1.96. The maximum absolute atomic E-state index is 12.3. The van der Waals surface area contributed by atoms with Gasteiger partial charge in [-0.1, -0.05) is 31.5 Å². The van der Waals surface area contributed by atoms with Crippen molar-refractivity contribution in [1.29, 1.82) is 0 Å². The smallest absolute Gasteiger partial charge is 0.274 e. The number of carbonyl (C=O) groups excluding carboxylic acids is 1. The molecule has 1 amide bonds. The van der Waals surface area contributed by atoms with Crippen molar-refractivity contribution in [1.82, 2.24) is 9.97 Å². The van der Waals surface area contributed by atoms with Crippen molar-refractivity contribution in [2.24, 2.45) is 5.92 Å². The van der Waals surface area contributed by atoms with Crippen LogP contribution in [-0.4, -0.2) is 22.4 Å². The van der Waals surface area contributed by atoms with Crippen LogP contribution in [0.4, 0.5) is 11.6 Å². The lowest BCUT2D eigenvalue weighted by Gasteiger charge is -2.10. The average molecular weight is 333 g/mol. The molecule has 1 heterocycles. The van der Waals surface area contributed by atoms with E-state index in [0.29, 0.717) is 28.3 Å². The number of hydrogen-bond acceptors (Lipinski definition) is 4. The van der Waals surface area contributed by atoms with Crippen LogP contribution in [0.1, 0.15) is 36.3 Å². The lowest BCUT2D eigenvalue weighted by molar-refractivity contribution is 0.102. The third-order valence-electron chi connectivity index (χ3n) is 3.34. The van der Waals surface area contributed by atoms with Gasteiger partial charge in [-0.3, -0.25) is 4.79 Å². The van der Waals surface area contributed by atoms with Crippen LogP contribution < -0.4 is 10.6 Å². The van der Waals surface area contributed by atoms with Gasteiger partial charge < -0.3 is 10.6 Å². The summed E-state index contributed by atoms with van der Waals surface area (Å²) in [6.45, 7) is 6.99. The Morgan fingerprint density at radius 3 is 2.83 bits per heavy atom. The van der Waals surface area contributed by atoms with E-state index < -0.39 is 0 Å². The van der Waals surface area contributed by atoms with Crippen LogP contribution in [0.25, 0.3) is 0 Å². The van der Waals surface area contributed by atoms with E-state index in [9.17, 15) is 4.79 Å². The second-order valence-electron chi connectivity index (χ2n) is 5.79. The molecule has 0 saturated carbocycles. The summed E-state index contributed by atoms with van der Waals surface area (Å²) in [4.78, 5) is 20.7. The van der Waals surface area contributed by atoms with Crippen molar-refractivity contribution in [2.75, 3.05) is 17.2 Å². The Morgan fingerprint density at radius 1 is 1.30 bits per heavy atom. The Hall–Kier alpha value is -2.14. The average Bonchev–Trinajstić information content (AvgIpc) is 2.51. The van der Waals surface area contributed by atoms with Gasteiger partial charge >= 0.3 is 0 Å². The molecule has 2 N–H and O–H groups in total. The highest BCUT2D eigenvalue weighted by Crippen LogP contribution is 2.20. The normalized spacial score (nSPS) is 10.7. The number of halogens is 1. The van der Waals surface area contributed by atoms with E-state index in [1.165, 1.54) is 0 Å². The summed E-state index contributed by atoms with van der Waals surface area (Å²) < 4.78 is 0. The molecule has 122 valence electrons. The van der Waals surface area contributed by atoms with Crippen LogP contribution in [0.2, 0.25) is 5.02 Å². The van der Waals surface area contributed by atoms with Crippen LogP contribution in [-0.2, 0) is 0 Å². The molecule has 0 spiro atoms. The number of nitrogens with one attached hydrogen (secondary N) is 2. The summed E-state index contributed by atoms with van der Waals surface area (Å²) in [6.07, 6.45) is 2.59. The van der Waals surface area contributed by atoms with E-state index in [0.717, 1.165) is 18.5 Å². The molecule has 2 rings (SSSR count). The number of nitrogens with zero attached hydrogens (tertiary/aromatic N) is 2. The molecule has 6 heteroatoms. The SMILES string of the molecule is Cc1ccc(Cl)cc1NC(=O)c1ccnc(NCCC(C)C)n1. The number of aromatic nitrogens is 2. The Balaban J connectivity index is 2.06. The lowest BCUT2D eigenvalue weighted by atomic mass is 10.1. The molecule has 0 bridgehead atoms. The number of aryl methyl sites for hydroxylation is 1. The molecule has 0 aliphatic rings. The van der Waals surface area contributed by atoms with Crippen LogP contribution in [0.3, 0.4) is 0 Å². The lowest BCUT2D eigenvalue weighted by Crippen LogP contribution is -2.16. The summed E-state index contributed by atoms with van der Waals surface area (Å²) in [6, 6.07) is 6.95. The topological polar surface area (TPSA) is 66.9 Å². The zero-order valence-corrected chi connectivity index (χ0v) is 14.3. The van der Waals surface area contributed by atoms with Crippen molar-refractivity contribution in [2.45, 2.75) is 27.2 Å². The maximum Gasteiger partial charge on any atom is 0.274 e. The largest absolute Gasteiger partial charge is 0.354 e. The molecule has 0 radical (unpaired) electrons. The van der Waals surface area contributed by atoms with E-state index in [2.05, 4.69) is 34.4 Å². The minimum absolute atomic E-state index is 0.287. The molecule has 0 aliphatic heterocycles. The van der Waals surface area contributed by atoms with Crippen LogP contribution >= 0.6 is 11.6 Å². The monoisotopic (exact) mass is 332 g/mol. The van der Waals surface area contributed by atoms with E-state index in [4.69, 9.17) is 11.6 Å². The van der Waals surface area contributed by atoms with Gasteiger partial charge in [0, 0.05) is 23.5 Å². The fourth-order valence-corrected chi connectivity index (χ4v) is 2.13. The number of benzene rings is 1. The first-order valence-corrected chi connectivity index (χ1v) is 7.98. The number of rotatable bonds is 6. The fraction of sp³-hybridized carbons (Fsp3) is 0.353. The Bertz CT molecular complexity index is 688. The first-order chi connectivity index (χ1) is 11.0. The van der Waals surface area contributed by atoms with Crippen molar-refractivity contribution < 1.29 is 4.79 Å². The minimum Gasteiger partial charge on any atom is -0.354 e. The molecule has 0 atom stereocenters. The third-order valence-corrected chi connectivity index (χ3v) is 3.58. The van der Waals surface area contributed by atoms with Crippen LogP contribution in [0, 0.1) is 12.8 Å². The zero-order chi connectivity index (χ0) is 16.8. The number of carbonyl (C=O) groups is 1. The molecule has 1 aromatic carbocycles. The molecule has 0 aliphatic carbocycles. The van der Waals surface area contributed by atoms with Gasteiger partial charge in [0.05, 0.1) is 0 Å². The van der Waals surface area contributed by atoms with Gasteiger partial charge in [0.1, 0.15) is 5.69 Å². The summed E-state index contributed by atoms with van der Waals surface area (Å²) in [5.41, 5.74) is 1.92. The van der Waals surface area contributed by atoms with Gasteiger partial charge in [0.15, 0.2) is 0 Å². The molecule has 0 unspecified atom stereocenters. The standard InChI is InChI=1S/C17H21ClN4O/c1-11(2)6-8-19-17-20-9-7-14(22-17)16(23)21-15-10-13(18)5-4-12(15)3/h4-5,7,9-11H,6,8H2,1-3H3,(H,21,23)(H,19,20,22). The first-order valence-electron chi connectivity index (χ1n) is 7.60. The van der Waals surface area contributed by atoms with Crippen molar-refractivity contribution in [3.05, 3.63) is 46.7 Å². The van der Waals surface area contributed by atoms with Crippen molar-refractivity contribution in [3.8, 4) is 0 Å². The Kier molecular flexibility index (Phi) is 5.93. The number of hydrogen-bond donors (Lipinski definition) is 2. The molecule has 1 aromatic heterocycles. The van der Waals surface area contributed by atoms with Gasteiger partial charge in [-0.25, -0.2) is 9.97 Å². The second kappa shape index (κ2) is 7.92. The molecular weight excluding hydrogens is 312 g/mol. The highest BCUT2D eigenvalue weighted by molar-refractivity contribution is 6.31. The summed E-state index contributed by atoms with van der Waals surface area (Å²) in [5, 5.41) is 6.53. The molecule has 2 aromatic rings. The van der Waals surface area contributed by atoms with E-state index in [-0.39, 0.29) is 5.91 Å². The van der Waals surface area contributed by atoms with Gasteiger partial charge in [0.25, 0.3) is 5.91 Å². The number of amides is 1. The van der Waals surface area contributed by atoms with E-state index in [1.54, 1.807) is 24.4 Å². The third kappa shape index (κ3) is 5.21. The first kappa shape index (κ1) is 17.2. The van der Waals surface area contributed by atoms with Gasteiger partial charge in [-0.15, -0.1) is 0 Å². The second-order valence-corrected chi connectivity index (χ2v) is 6.22. The highest BCUT2D eigenvalue weighted by Gasteiger charge is 2.11. The highest BCUT2D eigenvalue weighted by atomic mass is 35.5. The predicted molar refractivity (Wildman–Crippen MR) is 94.1 cm³/mol. The van der Waals surface area contributed by atoms with Gasteiger partial charge in [0.2, 0.25) is 5.95 Å². The van der Waals surface area contributed by atoms with Crippen molar-refractivity contribution in [3.63, 3.8) is 0 Å². The molecule has 0 saturated heterocycles. The summed E-state index contributed by atoms with van der Waals surface area (Å²) >= 11 is 5.97. The van der Waals surface area contributed by atoms with Crippen LogP contribution in [0.15, 0.2) is 30.5 Å². The van der Waals surface area contributed by atoms with Gasteiger partial charge in [-0.05, 0) is 43.0 Å². The van der Waals surface area contributed by atoms with Gasteiger partial charge in [-0.2, -0.15) is 0 Å². The molecular formula is C17H21ClN4O. The Labute approximate surface area is 141 Å². The van der Waals surface area contributed by atoms with Crippen LogP contribution in [0.5, 0.6) is 0 Å². The maximum atomic E-state index is 12.3. The van der Waals surface area contributed by atoms with E-state index >= 15 is 0 Å².